The second-order valence-electron chi connectivity index (χ2n) is 6.24. The number of aromatic nitrogens is 1. The Morgan fingerprint density at radius 3 is 2.86 bits per heavy atom. The van der Waals surface area contributed by atoms with E-state index in [9.17, 15) is 0 Å². The fraction of sp³-hybridized carbons (Fsp3) is 0.562. The molecule has 2 rings (SSSR count). The van der Waals surface area contributed by atoms with Crippen LogP contribution in [0.15, 0.2) is 28.1 Å². The maximum Gasteiger partial charge on any atom is 0.177 e. The Hall–Kier alpha value is -1.17. The molecule has 2 heterocycles. The zero-order valence-corrected chi connectivity index (χ0v) is 13.9. The minimum Gasteiger partial charge on any atom is -0.355 e. The summed E-state index contributed by atoms with van der Waals surface area (Å²) in [6.45, 7) is 10.1. The molecule has 2 N–H and O–H groups in total. The van der Waals surface area contributed by atoms with Gasteiger partial charge in [0.15, 0.2) is 5.76 Å². The third-order valence-electron chi connectivity index (χ3n) is 3.45. The van der Waals surface area contributed by atoms with Crippen LogP contribution in [0, 0.1) is 5.41 Å². The summed E-state index contributed by atoms with van der Waals surface area (Å²) in [5, 5.41) is 6.26. The number of nitrogens with zero attached hydrogens (tertiary/aromatic N) is 2. The Labute approximate surface area is 130 Å². The second-order valence-corrected chi connectivity index (χ2v) is 7.19. The number of hydrogen-bond acceptors (Lipinski definition) is 5. The van der Waals surface area contributed by atoms with E-state index in [1.165, 1.54) is 0 Å². The Kier molecular flexibility index (Phi) is 5.56. The van der Waals surface area contributed by atoms with Crippen LogP contribution in [0.4, 0.5) is 0 Å². The van der Waals surface area contributed by atoms with E-state index in [1.807, 2.05) is 17.5 Å². The van der Waals surface area contributed by atoms with E-state index in [1.54, 1.807) is 11.3 Å². The van der Waals surface area contributed by atoms with E-state index in [0.29, 0.717) is 6.54 Å². The first-order chi connectivity index (χ1) is 10.0. The predicted octanol–water partition coefficient (Wildman–Crippen LogP) is 3.60. The van der Waals surface area contributed by atoms with Crippen molar-refractivity contribution in [2.24, 2.45) is 11.1 Å². The van der Waals surface area contributed by atoms with E-state index >= 15 is 0 Å². The van der Waals surface area contributed by atoms with Crippen LogP contribution in [0.2, 0.25) is 0 Å². The van der Waals surface area contributed by atoms with Crippen molar-refractivity contribution in [1.82, 2.24) is 10.1 Å². The molecule has 0 aliphatic heterocycles. The van der Waals surface area contributed by atoms with Gasteiger partial charge in [-0.2, -0.15) is 0 Å². The van der Waals surface area contributed by atoms with Crippen molar-refractivity contribution < 1.29 is 4.52 Å². The highest BCUT2D eigenvalue weighted by Gasteiger charge is 2.21. The highest BCUT2D eigenvalue weighted by Crippen LogP contribution is 2.26. The van der Waals surface area contributed by atoms with Crippen molar-refractivity contribution in [3.63, 3.8) is 0 Å². The van der Waals surface area contributed by atoms with Crippen molar-refractivity contribution in [3.8, 4) is 10.6 Å². The van der Waals surface area contributed by atoms with E-state index in [2.05, 4.69) is 36.9 Å². The lowest BCUT2D eigenvalue weighted by atomic mass is 9.93. The van der Waals surface area contributed by atoms with Gasteiger partial charge in [0.1, 0.15) is 0 Å². The maximum atomic E-state index is 5.85. The molecule has 0 aliphatic carbocycles. The van der Waals surface area contributed by atoms with Crippen LogP contribution >= 0.6 is 11.3 Å². The quantitative estimate of drug-likeness (QED) is 0.809. The molecule has 21 heavy (non-hydrogen) atoms. The summed E-state index contributed by atoms with van der Waals surface area (Å²) in [4.78, 5) is 3.53. The monoisotopic (exact) mass is 307 g/mol. The topological polar surface area (TPSA) is 55.3 Å². The number of thiophene rings is 1. The third-order valence-corrected chi connectivity index (χ3v) is 4.34. The molecule has 2 aromatic heterocycles. The summed E-state index contributed by atoms with van der Waals surface area (Å²) in [5.74, 6) is 0.856. The van der Waals surface area contributed by atoms with Gasteiger partial charge in [0.2, 0.25) is 0 Å². The zero-order valence-electron chi connectivity index (χ0n) is 13.1. The molecule has 0 radical (unpaired) electrons. The van der Waals surface area contributed by atoms with Crippen LogP contribution in [-0.4, -0.2) is 29.7 Å². The molecule has 0 aliphatic rings. The lowest BCUT2D eigenvalue weighted by Gasteiger charge is -2.31. The molecule has 0 amide bonds. The summed E-state index contributed by atoms with van der Waals surface area (Å²) >= 11 is 1.67. The van der Waals surface area contributed by atoms with Crippen LogP contribution in [0.3, 0.4) is 0 Å². The second kappa shape index (κ2) is 7.20. The SMILES string of the molecule is CCCN(Cc1cc(-c2cccs2)on1)CC(C)(C)CN. The van der Waals surface area contributed by atoms with Gasteiger partial charge in [-0.1, -0.05) is 32.0 Å². The molecule has 0 saturated heterocycles. The van der Waals surface area contributed by atoms with E-state index in [4.69, 9.17) is 10.3 Å². The lowest BCUT2D eigenvalue weighted by Crippen LogP contribution is -2.38. The van der Waals surface area contributed by atoms with Crippen molar-refractivity contribution in [2.75, 3.05) is 19.6 Å². The summed E-state index contributed by atoms with van der Waals surface area (Å²) in [6, 6.07) is 6.12. The van der Waals surface area contributed by atoms with E-state index in [0.717, 1.165) is 42.4 Å². The Morgan fingerprint density at radius 1 is 1.43 bits per heavy atom. The minimum atomic E-state index is 0.121. The molecule has 0 spiro atoms. The molecule has 5 heteroatoms. The molecule has 4 nitrogen and oxygen atoms in total. The predicted molar refractivity (Wildman–Crippen MR) is 88.2 cm³/mol. The maximum absolute atomic E-state index is 5.85. The van der Waals surface area contributed by atoms with Gasteiger partial charge in [0.25, 0.3) is 0 Å². The molecule has 0 bridgehead atoms. The summed E-state index contributed by atoms with van der Waals surface area (Å²) < 4.78 is 5.45. The van der Waals surface area contributed by atoms with Gasteiger partial charge >= 0.3 is 0 Å². The molecular weight excluding hydrogens is 282 g/mol. The molecule has 0 aromatic carbocycles. The molecule has 0 atom stereocenters. The van der Waals surface area contributed by atoms with Gasteiger partial charge in [0, 0.05) is 19.2 Å². The zero-order chi connectivity index (χ0) is 15.3. The fourth-order valence-corrected chi connectivity index (χ4v) is 3.02. The Morgan fingerprint density at radius 2 is 2.24 bits per heavy atom. The molecule has 2 aromatic rings. The van der Waals surface area contributed by atoms with Gasteiger partial charge in [-0.3, -0.25) is 4.90 Å². The molecule has 0 unspecified atom stereocenters. The van der Waals surface area contributed by atoms with Gasteiger partial charge < -0.3 is 10.3 Å². The normalized spacial score (nSPS) is 12.2. The summed E-state index contributed by atoms with van der Waals surface area (Å²) in [6.07, 6.45) is 1.12. The van der Waals surface area contributed by atoms with Gasteiger partial charge in [0.05, 0.1) is 10.6 Å². The lowest BCUT2D eigenvalue weighted by molar-refractivity contribution is 0.172. The fourth-order valence-electron chi connectivity index (χ4n) is 2.35. The molecule has 116 valence electrons. The van der Waals surface area contributed by atoms with Crippen LogP contribution in [0.1, 0.15) is 32.9 Å². The van der Waals surface area contributed by atoms with Gasteiger partial charge in [-0.25, -0.2) is 0 Å². The molecular formula is C16H25N3OS. The highest BCUT2D eigenvalue weighted by atomic mass is 32.1. The van der Waals surface area contributed by atoms with Crippen molar-refractivity contribution >= 4 is 11.3 Å². The largest absolute Gasteiger partial charge is 0.355 e. The van der Waals surface area contributed by atoms with Crippen molar-refractivity contribution in [2.45, 2.75) is 33.7 Å². The average Bonchev–Trinajstić information content (AvgIpc) is 3.08. The smallest absolute Gasteiger partial charge is 0.177 e. The Bertz CT molecular complexity index is 533. The first-order valence-electron chi connectivity index (χ1n) is 7.46. The van der Waals surface area contributed by atoms with Crippen molar-refractivity contribution in [3.05, 3.63) is 29.3 Å². The van der Waals surface area contributed by atoms with Crippen LogP contribution < -0.4 is 5.73 Å². The number of nitrogens with two attached hydrogens (primary N) is 1. The minimum absolute atomic E-state index is 0.121. The standard InChI is InChI=1S/C16H25N3OS/c1-4-7-19(12-16(2,3)11-17)10-13-9-14(20-18-13)15-6-5-8-21-15/h5-6,8-9H,4,7,10-12,17H2,1-3H3. The summed E-state index contributed by atoms with van der Waals surface area (Å²) in [5.41, 5.74) is 6.96. The van der Waals surface area contributed by atoms with Gasteiger partial charge in [-0.15, -0.1) is 11.3 Å². The molecule has 0 saturated carbocycles. The first-order valence-corrected chi connectivity index (χ1v) is 8.34. The van der Waals surface area contributed by atoms with Crippen LogP contribution in [0.25, 0.3) is 10.6 Å². The third kappa shape index (κ3) is 4.66. The number of rotatable bonds is 8. The highest BCUT2D eigenvalue weighted by molar-refractivity contribution is 7.13. The molecule has 0 fully saturated rings. The first kappa shape index (κ1) is 16.2. The number of hydrogen-bond donors (Lipinski definition) is 1. The van der Waals surface area contributed by atoms with Crippen LogP contribution in [0.5, 0.6) is 0 Å². The van der Waals surface area contributed by atoms with Gasteiger partial charge in [-0.05, 0) is 36.4 Å². The van der Waals surface area contributed by atoms with Crippen molar-refractivity contribution in [1.29, 1.82) is 0 Å². The van der Waals surface area contributed by atoms with E-state index < -0.39 is 0 Å². The Balaban J connectivity index is 2.03. The van der Waals surface area contributed by atoms with E-state index in [-0.39, 0.29) is 5.41 Å². The van der Waals surface area contributed by atoms with Crippen LogP contribution in [-0.2, 0) is 6.54 Å². The summed E-state index contributed by atoms with van der Waals surface area (Å²) in [7, 11) is 0. The average molecular weight is 307 g/mol.